The number of hydrogen-bond donors (Lipinski definition) is 1. The molecular weight excluding hydrogens is 522 g/mol. The SMILES string of the molecule is Cc1nc(C)c([C@H](OC(C)(C)C)C(=O)O)c(N2CCC(C)(C)CC2)c1-c1ccc2c(c1)CCN(CC1CCCCC1)C2. The number of carboxylic acids is 1. The Balaban J connectivity index is 1.55. The van der Waals surface area contributed by atoms with E-state index < -0.39 is 17.7 Å². The summed E-state index contributed by atoms with van der Waals surface area (Å²) >= 11 is 0. The third-order valence-corrected chi connectivity index (χ3v) is 9.80. The van der Waals surface area contributed by atoms with Crippen LogP contribution in [0.3, 0.4) is 0 Å². The van der Waals surface area contributed by atoms with Gasteiger partial charge >= 0.3 is 5.97 Å². The van der Waals surface area contributed by atoms with Crippen molar-refractivity contribution >= 4 is 11.7 Å². The molecule has 1 atom stereocenters. The molecule has 3 heterocycles. The van der Waals surface area contributed by atoms with Gasteiger partial charge in [0, 0.05) is 55.2 Å². The van der Waals surface area contributed by atoms with Gasteiger partial charge in [-0.05, 0) is 94.7 Å². The minimum Gasteiger partial charge on any atom is -0.479 e. The van der Waals surface area contributed by atoms with E-state index in [1.807, 2.05) is 27.7 Å². The zero-order valence-electron chi connectivity index (χ0n) is 27.2. The second-order valence-corrected chi connectivity index (χ2v) is 15.0. The van der Waals surface area contributed by atoms with Gasteiger partial charge in [-0.1, -0.05) is 51.3 Å². The first kappa shape index (κ1) is 31.0. The Hall–Kier alpha value is -2.44. The standard InChI is InChI=1S/C36H53N3O3/c1-24-30(28-13-14-29-23-38(18-15-27(29)21-28)22-26-11-9-8-10-12-26)32(39-19-16-36(6,7)17-20-39)31(25(2)37-24)33(34(40)41)42-35(3,4)5/h13-14,21,26,33H,8-12,15-20,22-23H2,1-7H3,(H,40,41)/t33-/m0/s1. The fourth-order valence-corrected chi connectivity index (χ4v) is 7.41. The van der Waals surface area contributed by atoms with Gasteiger partial charge in [0.15, 0.2) is 6.10 Å². The number of hydrogen-bond acceptors (Lipinski definition) is 5. The van der Waals surface area contributed by atoms with Gasteiger partial charge in [0.05, 0.1) is 11.3 Å². The molecule has 0 bridgehead atoms. The number of aliphatic carboxylic acids is 1. The van der Waals surface area contributed by atoms with Crippen LogP contribution in [0.25, 0.3) is 11.1 Å². The predicted molar refractivity (Wildman–Crippen MR) is 171 cm³/mol. The van der Waals surface area contributed by atoms with Crippen LogP contribution in [0.1, 0.15) is 114 Å². The molecule has 3 aliphatic rings. The molecule has 5 rings (SSSR count). The Morgan fingerprint density at radius 1 is 1.05 bits per heavy atom. The van der Waals surface area contributed by atoms with E-state index in [1.54, 1.807) is 0 Å². The number of aryl methyl sites for hydroxylation is 2. The number of ether oxygens (including phenoxy) is 1. The Morgan fingerprint density at radius 2 is 1.74 bits per heavy atom. The first-order valence-corrected chi connectivity index (χ1v) is 16.3. The van der Waals surface area contributed by atoms with Gasteiger partial charge in [-0.15, -0.1) is 0 Å². The first-order valence-electron chi connectivity index (χ1n) is 16.3. The topological polar surface area (TPSA) is 65.9 Å². The molecule has 2 aliphatic heterocycles. The summed E-state index contributed by atoms with van der Waals surface area (Å²) in [6.45, 7) is 19.6. The maximum atomic E-state index is 12.8. The summed E-state index contributed by atoms with van der Waals surface area (Å²) in [4.78, 5) is 22.9. The second-order valence-electron chi connectivity index (χ2n) is 15.0. The van der Waals surface area contributed by atoms with Crippen molar-refractivity contribution in [2.24, 2.45) is 11.3 Å². The van der Waals surface area contributed by atoms with Crippen molar-refractivity contribution < 1.29 is 14.6 Å². The van der Waals surface area contributed by atoms with E-state index in [2.05, 4.69) is 48.8 Å². The molecule has 0 radical (unpaired) electrons. The molecule has 2 fully saturated rings. The Morgan fingerprint density at radius 3 is 2.38 bits per heavy atom. The van der Waals surface area contributed by atoms with Crippen LogP contribution in [0.4, 0.5) is 5.69 Å². The summed E-state index contributed by atoms with van der Waals surface area (Å²) in [5.74, 6) is -0.111. The molecular formula is C36H53N3O3. The lowest BCUT2D eigenvalue weighted by Gasteiger charge is -2.41. The van der Waals surface area contributed by atoms with E-state index in [-0.39, 0.29) is 5.41 Å². The Labute approximate surface area is 253 Å². The molecule has 6 nitrogen and oxygen atoms in total. The smallest absolute Gasteiger partial charge is 0.337 e. The minimum atomic E-state index is -1.09. The molecule has 6 heteroatoms. The molecule has 0 unspecified atom stereocenters. The van der Waals surface area contributed by atoms with Crippen LogP contribution in [-0.4, -0.2) is 52.7 Å². The van der Waals surface area contributed by atoms with Crippen molar-refractivity contribution in [3.05, 3.63) is 46.3 Å². The summed E-state index contributed by atoms with van der Waals surface area (Å²) in [5.41, 5.74) is 8.10. The first-order chi connectivity index (χ1) is 19.8. The number of fused-ring (bicyclic) bond motifs is 1. The van der Waals surface area contributed by atoms with Gasteiger partial charge in [0.25, 0.3) is 0 Å². The third kappa shape index (κ3) is 7.02. The van der Waals surface area contributed by atoms with Crippen LogP contribution < -0.4 is 4.90 Å². The number of anilines is 1. The monoisotopic (exact) mass is 575 g/mol. The minimum absolute atomic E-state index is 0.275. The molecule has 1 aromatic carbocycles. The van der Waals surface area contributed by atoms with Gasteiger partial charge in [0.2, 0.25) is 0 Å². The van der Waals surface area contributed by atoms with Crippen molar-refractivity contribution in [3.63, 3.8) is 0 Å². The average molecular weight is 576 g/mol. The Kier molecular flexibility index (Phi) is 9.06. The van der Waals surface area contributed by atoms with Crippen LogP contribution in [-0.2, 0) is 22.5 Å². The number of carboxylic acid groups (broad SMARTS) is 1. The molecule has 0 amide bonds. The molecule has 1 N–H and O–H groups in total. The second kappa shape index (κ2) is 12.3. The molecule has 1 aliphatic carbocycles. The fraction of sp³-hybridized carbons (Fsp3) is 0.667. The number of carbonyl (C=O) groups is 1. The summed E-state index contributed by atoms with van der Waals surface area (Å²) in [5, 5.41) is 10.5. The fourth-order valence-electron chi connectivity index (χ4n) is 7.41. The summed E-state index contributed by atoms with van der Waals surface area (Å²) < 4.78 is 6.26. The number of piperidine rings is 1. The number of pyridine rings is 1. The zero-order valence-corrected chi connectivity index (χ0v) is 27.2. The molecule has 1 saturated heterocycles. The summed E-state index contributed by atoms with van der Waals surface area (Å²) in [7, 11) is 0. The largest absolute Gasteiger partial charge is 0.479 e. The maximum Gasteiger partial charge on any atom is 0.337 e. The third-order valence-electron chi connectivity index (χ3n) is 9.80. The van der Waals surface area contributed by atoms with Gasteiger partial charge in [-0.2, -0.15) is 0 Å². The molecule has 230 valence electrons. The molecule has 2 aromatic rings. The van der Waals surface area contributed by atoms with Gasteiger partial charge in [0.1, 0.15) is 0 Å². The Bertz CT molecular complexity index is 1280. The van der Waals surface area contributed by atoms with E-state index in [4.69, 9.17) is 9.72 Å². The average Bonchev–Trinajstić information content (AvgIpc) is 2.91. The van der Waals surface area contributed by atoms with E-state index in [0.717, 1.165) is 79.6 Å². The summed E-state index contributed by atoms with van der Waals surface area (Å²) in [6.07, 6.45) is 9.05. The van der Waals surface area contributed by atoms with Crippen LogP contribution in [0.5, 0.6) is 0 Å². The lowest BCUT2D eigenvalue weighted by Crippen LogP contribution is -2.39. The molecule has 1 aromatic heterocycles. The zero-order chi connectivity index (χ0) is 30.2. The van der Waals surface area contributed by atoms with E-state index in [0.29, 0.717) is 5.56 Å². The molecule has 0 spiro atoms. The number of benzene rings is 1. The van der Waals surface area contributed by atoms with Crippen molar-refractivity contribution in [1.82, 2.24) is 9.88 Å². The highest BCUT2D eigenvalue weighted by Crippen LogP contribution is 2.45. The number of nitrogens with zero attached hydrogens (tertiary/aromatic N) is 3. The van der Waals surface area contributed by atoms with E-state index in [9.17, 15) is 9.90 Å². The normalized spacial score (nSPS) is 20.8. The molecule has 1 saturated carbocycles. The lowest BCUT2D eigenvalue weighted by molar-refractivity contribution is -0.160. The van der Waals surface area contributed by atoms with Crippen LogP contribution in [0.15, 0.2) is 18.2 Å². The van der Waals surface area contributed by atoms with Crippen molar-refractivity contribution in [3.8, 4) is 11.1 Å². The van der Waals surface area contributed by atoms with Gasteiger partial charge in [-0.25, -0.2) is 4.79 Å². The highest BCUT2D eigenvalue weighted by atomic mass is 16.5. The number of rotatable bonds is 7. The lowest BCUT2D eigenvalue weighted by atomic mass is 9.81. The van der Waals surface area contributed by atoms with Crippen molar-refractivity contribution in [1.29, 1.82) is 0 Å². The predicted octanol–water partition coefficient (Wildman–Crippen LogP) is 7.87. The van der Waals surface area contributed by atoms with Gasteiger partial charge in [-0.3, -0.25) is 9.88 Å². The quantitative estimate of drug-likeness (QED) is 0.362. The maximum absolute atomic E-state index is 12.8. The van der Waals surface area contributed by atoms with E-state index >= 15 is 0 Å². The number of aromatic nitrogens is 1. The van der Waals surface area contributed by atoms with Crippen LogP contribution >= 0.6 is 0 Å². The van der Waals surface area contributed by atoms with E-state index in [1.165, 1.54) is 49.8 Å². The highest BCUT2D eigenvalue weighted by molar-refractivity contribution is 5.88. The van der Waals surface area contributed by atoms with Gasteiger partial charge < -0.3 is 14.7 Å². The highest BCUT2D eigenvalue weighted by Gasteiger charge is 2.36. The van der Waals surface area contributed by atoms with Crippen LogP contribution in [0, 0.1) is 25.2 Å². The molecule has 42 heavy (non-hydrogen) atoms. The van der Waals surface area contributed by atoms with Crippen molar-refractivity contribution in [2.75, 3.05) is 31.1 Å². The van der Waals surface area contributed by atoms with Crippen molar-refractivity contribution in [2.45, 2.75) is 118 Å². The summed E-state index contributed by atoms with van der Waals surface area (Å²) in [6, 6.07) is 6.94. The van der Waals surface area contributed by atoms with Crippen LogP contribution in [0.2, 0.25) is 0 Å².